The molecule has 5 heterocycles. The van der Waals surface area contributed by atoms with Gasteiger partial charge in [-0.05, 0) is 81.5 Å². The van der Waals surface area contributed by atoms with Crippen LogP contribution in [-0.4, -0.2) is 60.1 Å². The van der Waals surface area contributed by atoms with Gasteiger partial charge >= 0.3 is 0 Å². The number of anilines is 1. The second-order valence-corrected chi connectivity index (χ2v) is 9.23. The van der Waals surface area contributed by atoms with Crippen molar-refractivity contribution >= 4 is 17.4 Å². The highest BCUT2D eigenvalue weighted by atomic mass is 19.1. The molecule has 4 aromatic heterocycles. The van der Waals surface area contributed by atoms with Crippen molar-refractivity contribution in [2.24, 2.45) is 0 Å². The van der Waals surface area contributed by atoms with Crippen molar-refractivity contribution in [3.63, 3.8) is 0 Å². The average molecular weight is 497 g/mol. The summed E-state index contributed by atoms with van der Waals surface area (Å²) in [6.45, 7) is 2.01. The molecule has 0 aliphatic carbocycles. The Kier molecular flexibility index (Phi) is 5.93. The predicted octanol–water partition coefficient (Wildman–Crippen LogP) is 4.31. The number of pyridine rings is 1. The Morgan fingerprint density at radius 2 is 1.78 bits per heavy atom. The van der Waals surface area contributed by atoms with E-state index in [1.165, 1.54) is 12.1 Å². The van der Waals surface area contributed by atoms with Crippen LogP contribution in [-0.2, 0) is 0 Å². The lowest BCUT2D eigenvalue weighted by Gasteiger charge is -2.30. The lowest BCUT2D eigenvalue weighted by atomic mass is 10.0. The van der Waals surface area contributed by atoms with Crippen LogP contribution in [0.15, 0.2) is 73.4 Å². The molecule has 6 rings (SSSR count). The fourth-order valence-electron chi connectivity index (χ4n) is 4.74. The number of rotatable bonds is 5. The molecule has 1 aliphatic rings. The highest BCUT2D eigenvalue weighted by Gasteiger charge is 2.25. The molecule has 0 atom stereocenters. The summed E-state index contributed by atoms with van der Waals surface area (Å²) in [6, 6.07) is 13.7. The molecule has 0 saturated carbocycles. The number of halogens is 1. The van der Waals surface area contributed by atoms with Gasteiger partial charge in [-0.25, -0.2) is 18.9 Å². The minimum absolute atomic E-state index is 0.273. The van der Waals surface area contributed by atoms with Gasteiger partial charge in [-0.1, -0.05) is 0 Å². The standard InChI is InChI=1S/C27H25FN8O/c1-34-14-10-21(11-15-34)35-17-30-25(18-2-4-20(28)5-3-18)26(35)22-6-7-24-31-23(16-36(24)33-22)32-27(37)19-8-12-29-13-9-19/h2-9,12-13,16-17,21H,10-11,14-15H2,1H3,(H,32,37). The molecule has 10 heteroatoms. The van der Waals surface area contributed by atoms with Crippen LogP contribution in [0, 0.1) is 5.82 Å². The number of hydrogen-bond acceptors (Lipinski definition) is 6. The Morgan fingerprint density at radius 3 is 2.54 bits per heavy atom. The molecular weight excluding hydrogens is 471 g/mol. The monoisotopic (exact) mass is 496 g/mol. The number of imidazole rings is 2. The normalized spacial score (nSPS) is 14.8. The summed E-state index contributed by atoms with van der Waals surface area (Å²) in [5, 5.41) is 7.66. The van der Waals surface area contributed by atoms with E-state index in [1.807, 2.05) is 18.5 Å². The zero-order chi connectivity index (χ0) is 25.4. The Labute approximate surface area is 212 Å². The van der Waals surface area contributed by atoms with E-state index >= 15 is 0 Å². The maximum Gasteiger partial charge on any atom is 0.256 e. The van der Waals surface area contributed by atoms with Crippen molar-refractivity contribution < 1.29 is 9.18 Å². The van der Waals surface area contributed by atoms with Crippen LogP contribution in [0.4, 0.5) is 10.2 Å². The van der Waals surface area contributed by atoms with Crippen molar-refractivity contribution in [3.8, 4) is 22.6 Å². The van der Waals surface area contributed by atoms with E-state index in [2.05, 4.69) is 31.8 Å². The summed E-state index contributed by atoms with van der Waals surface area (Å²) in [5.41, 5.74) is 4.25. The van der Waals surface area contributed by atoms with Gasteiger partial charge in [-0.2, -0.15) is 5.10 Å². The van der Waals surface area contributed by atoms with Crippen LogP contribution < -0.4 is 5.32 Å². The molecular formula is C27H25FN8O. The number of fused-ring (bicyclic) bond motifs is 1. The molecule has 0 spiro atoms. The van der Waals surface area contributed by atoms with E-state index in [0.717, 1.165) is 42.9 Å². The molecule has 37 heavy (non-hydrogen) atoms. The van der Waals surface area contributed by atoms with E-state index in [4.69, 9.17) is 10.1 Å². The van der Waals surface area contributed by atoms with E-state index in [9.17, 15) is 9.18 Å². The van der Waals surface area contributed by atoms with Gasteiger partial charge in [-0.15, -0.1) is 0 Å². The third kappa shape index (κ3) is 4.58. The number of nitrogens with one attached hydrogen (secondary N) is 1. The molecule has 0 bridgehead atoms. The lowest BCUT2D eigenvalue weighted by Crippen LogP contribution is -2.31. The van der Waals surface area contributed by atoms with Crippen LogP contribution in [0.1, 0.15) is 29.2 Å². The molecule has 5 aromatic rings. The van der Waals surface area contributed by atoms with E-state index in [-0.39, 0.29) is 17.8 Å². The van der Waals surface area contributed by atoms with Crippen LogP contribution >= 0.6 is 0 Å². The summed E-state index contributed by atoms with van der Waals surface area (Å²) >= 11 is 0. The van der Waals surface area contributed by atoms with Crippen LogP contribution in [0.2, 0.25) is 0 Å². The van der Waals surface area contributed by atoms with Crippen molar-refractivity contribution in [2.45, 2.75) is 18.9 Å². The minimum Gasteiger partial charge on any atom is -0.326 e. The number of likely N-dealkylation sites (tertiary alicyclic amines) is 1. The fraction of sp³-hybridized carbons (Fsp3) is 0.222. The van der Waals surface area contributed by atoms with Gasteiger partial charge < -0.3 is 14.8 Å². The zero-order valence-corrected chi connectivity index (χ0v) is 20.3. The molecule has 0 radical (unpaired) electrons. The quantitative estimate of drug-likeness (QED) is 0.390. The molecule has 1 amide bonds. The summed E-state index contributed by atoms with van der Waals surface area (Å²) < 4.78 is 17.5. The number of carbonyl (C=O) groups excluding carboxylic acids is 1. The summed E-state index contributed by atoms with van der Waals surface area (Å²) in [7, 11) is 2.13. The molecule has 0 unspecified atom stereocenters. The van der Waals surface area contributed by atoms with Gasteiger partial charge in [0.1, 0.15) is 11.5 Å². The first-order valence-electron chi connectivity index (χ1n) is 12.1. The number of hydrogen-bond donors (Lipinski definition) is 1. The maximum atomic E-state index is 13.6. The van der Waals surface area contributed by atoms with Gasteiger partial charge in [0.25, 0.3) is 5.91 Å². The van der Waals surface area contributed by atoms with Crippen molar-refractivity contribution in [3.05, 3.63) is 84.8 Å². The molecule has 1 fully saturated rings. The van der Waals surface area contributed by atoms with Gasteiger partial charge in [-0.3, -0.25) is 9.78 Å². The highest BCUT2D eigenvalue weighted by molar-refractivity contribution is 6.03. The molecule has 186 valence electrons. The van der Waals surface area contributed by atoms with Crippen LogP contribution in [0.5, 0.6) is 0 Å². The summed E-state index contributed by atoms with van der Waals surface area (Å²) in [6.07, 6.45) is 8.69. The molecule has 1 saturated heterocycles. The Balaban J connectivity index is 1.38. The number of amides is 1. The highest BCUT2D eigenvalue weighted by Crippen LogP contribution is 2.35. The van der Waals surface area contributed by atoms with Gasteiger partial charge in [0.2, 0.25) is 0 Å². The van der Waals surface area contributed by atoms with Gasteiger partial charge in [0.05, 0.1) is 23.9 Å². The van der Waals surface area contributed by atoms with Crippen LogP contribution in [0.25, 0.3) is 28.3 Å². The first-order chi connectivity index (χ1) is 18.0. The molecule has 9 nitrogen and oxygen atoms in total. The van der Waals surface area contributed by atoms with Gasteiger partial charge in [0, 0.05) is 29.6 Å². The summed E-state index contributed by atoms with van der Waals surface area (Å²) in [5.74, 6) is -0.168. The van der Waals surface area contributed by atoms with E-state index in [0.29, 0.717) is 22.7 Å². The van der Waals surface area contributed by atoms with Crippen molar-refractivity contribution in [1.29, 1.82) is 0 Å². The minimum atomic E-state index is -0.292. The van der Waals surface area contributed by atoms with Crippen molar-refractivity contribution in [1.82, 2.24) is 34.0 Å². The Morgan fingerprint density at radius 1 is 1.03 bits per heavy atom. The third-order valence-corrected chi connectivity index (χ3v) is 6.74. The first-order valence-corrected chi connectivity index (χ1v) is 12.1. The number of aromatic nitrogens is 6. The third-order valence-electron chi connectivity index (χ3n) is 6.74. The number of carbonyl (C=O) groups is 1. The summed E-state index contributed by atoms with van der Waals surface area (Å²) in [4.78, 5) is 28.1. The molecule has 1 aromatic carbocycles. The zero-order valence-electron chi connectivity index (χ0n) is 20.3. The fourth-order valence-corrected chi connectivity index (χ4v) is 4.74. The Hall–Kier alpha value is -4.44. The predicted molar refractivity (Wildman–Crippen MR) is 138 cm³/mol. The Bertz CT molecular complexity index is 1550. The topological polar surface area (TPSA) is 93.2 Å². The molecule has 1 N–H and O–H groups in total. The number of benzene rings is 1. The maximum absolute atomic E-state index is 13.6. The first kappa shape index (κ1) is 23.0. The van der Waals surface area contributed by atoms with E-state index in [1.54, 1.807) is 47.4 Å². The van der Waals surface area contributed by atoms with Gasteiger partial charge in [0.15, 0.2) is 11.5 Å². The van der Waals surface area contributed by atoms with Crippen molar-refractivity contribution in [2.75, 3.05) is 25.5 Å². The number of nitrogens with zero attached hydrogens (tertiary/aromatic N) is 7. The average Bonchev–Trinajstić information content (AvgIpc) is 3.53. The second kappa shape index (κ2) is 9.55. The SMILES string of the molecule is CN1CCC(n2cnc(-c3ccc(F)cc3)c2-c2ccc3nc(NC(=O)c4ccncc4)cn3n2)CC1. The second-order valence-electron chi connectivity index (χ2n) is 9.23. The smallest absolute Gasteiger partial charge is 0.256 e. The van der Waals surface area contributed by atoms with Crippen LogP contribution in [0.3, 0.4) is 0 Å². The van der Waals surface area contributed by atoms with E-state index < -0.39 is 0 Å². The lowest BCUT2D eigenvalue weighted by molar-refractivity contribution is 0.102. The molecule has 1 aliphatic heterocycles. The largest absolute Gasteiger partial charge is 0.326 e. The number of piperidine rings is 1.